The first-order valence-corrected chi connectivity index (χ1v) is 8.75. The standard InChI is InChI=1S/C17H31N3O2.ClH/c1-13(2)15(18)16(22)19-11-14(21)20-10-6-9-17(12-20)7-4-3-5-8-17;/h13,15H,3-12,18H2,1-2H3,(H,19,22);1H/t15-;/m0./s1. The molecule has 0 radical (unpaired) electrons. The summed E-state index contributed by atoms with van der Waals surface area (Å²) in [6, 6.07) is -0.543. The Morgan fingerprint density at radius 3 is 2.35 bits per heavy atom. The molecule has 1 saturated carbocycles. The van der Waals surface area contributed by atoms with E-state index in [4.69, 9.17) is 5.73 Å². The number of amides is 2. The van der Waals surface area contributed by atoms with E-state index in [2.05, 4.69) is 5.32 Å². The highest BCUT2D eigenvalue weighted by Gasteiger charge is 2.37. The van der Waals surface area contributed by atoms with Gasteiger partial charge in [0, 0.05) is 13.1 Å². The second-order valence-electron chi connectivity index (χ2n) is 7.47. The van der Waals surface area contributed by atoms with E-state index in [1.165, 1.54) is 38.5 Å². The molecule has 1 heterocycles. The van der Waals surface area contributed by atoms with Crippen LogP contribution in [0.2, 0.25) is 0 Å². The fourth-order valence-electron chi connectivity index (χ4n) is 3.83. The summed E-state index contributed by atoms with van der Waals surface area (Å²) in [5.74, 6) is -0.114. The fourth-order valence-corrected chi connectivity index (χ4v) is 3.83. The molecular formula is C17H32ClN3O2. The minimum absolute atomic E-state index is 0. The Morgan fingerprint density at radius 2 is 1.74 bits per heavy atom. The van der Waals surface area contributed by atoms with E-state index in [0.29, 0.717) is 5.41 Å². The molecule has 6 heteroatoms. The van der Waals surface area contributed by atoms with Crippen LogP contribution in [0.4, 0.5) is 0 Å². The number of hydrogen-bond acceptors (Lipinski definition) is 3. The first kappa shape index (κ1) is 20.2. The molecule has 134 valence electrons. The topological polar surface area (TPSA) is 75.4 Å². The average molecular weight is 346 g/mol. The van der Waals surface area contributed by atoms with Gasteiger partial charge >= 0.3 is 0 Å². The van der Waals surface area contributed by atoms with Crippen LogP contribution in [0.25, 0.3) is 0 Å². The van der Waals surface area contributed by atoms with Crippen LogP contribution in [0.1, 0.15) is 58.8 Å². The van der Waals surface area contributed by atoms with Gasteiger partial charge in [-0.15, -0.1) is 12.4 Å². The number of hydrogen-bond donors (Lipinski definition) is 2. The van der Waals surface area contributed by atoms with E-state index in [-0.39, 0.29) is 36.7 Å². The largest absolute Gasteiger partial charge is 0.346 e. The molecule has 1 aliphatic carbocycles. The van der Waals surface area contributed by atoms with Gasteiger partial charge in [-0.25, -0.2) is 0 Å². The van der Waals surface area contributed by atoms with E-state index < -0.39 is 6.04 Å². The van der Waals surface area contributed by atoms with Gasteiger partial charge in [-0.1, -0.05) is 33.1 Å². The number of piperidine rings is 1. The van der Waals surface area contributed by atoms with Crippen LogP contribution in [0.15, 0.2) is 0 Å². The molecule has 0 aromatic rings. The molecule has 2 aliphatic rings. The van der Waals surface area contributed by atoms with Crippen molar-refractivity contribution in [3.8, 4) is 0 Å². The fraction of sp³-hybridized carbons (Fsp3) is 0.882. The zero-order chi connectivity index (χ0) is 16.2. The Bertz CT molecular complexity index is 403. The highest BCUT2D eigenvalue weighted by Crippen LogP contribution is 2.43. The smallest absolute Gasteiger partial charge is 0.241 e. The maximum Gasteiger partial charge on any atom is 0.241 e. The van der Waals surface area contributed by atoms with Gasteiger partial charge in [0.2, 0.25) is 11.8 Å². The third kappa shape index (κ3) is 5.35. The van der Waals surface area contributed by atoms with E-state index in [1.807, 2.05) is 18.7 Å². The molecule has 0 aromatic heterocycles. The zero-order valence-electron chi connectivity index (χ0n) is 14.5. The number of nitrogens with zero attached hydrogens (tertiary/aromatic N) is 1. The molecule has 1 saturated heterocycles. The summed E-state index contributed by atoms with van der Waals surface area (Å²) in [5, 5.41) is 2.70. The van der Waals surface area contributed by atoms with Crippen molar-refractivity contribution in [3.05, 3.63) is 0 Å². The van der Waals surface area contributed by atoms with Crippen LogP contribution >= 0.6 is 12.4 Å². The lowest BCUT2D eigenvalue weighted by atomic mass is 9.69. The molecule has 1 aliphatic heterocycles. The van der Waals surface area contributed by atoms with Crippen molar-refractivity contribution >= 4 is 24.2 Å². The summed E-state index contributed by atoms with van der Waals surface area (Å²) >= 11 is 0. The third-order valence-corrected chi connectivity index (χ3v) is 5.36. The summed E-state index contributed by atoms with van der Waals surface area (Å²) in [7, 11) is 0. The second-order valence-corrected chi connectivity index (χ2v) is 7.47. The number of nitrogens with two attached hydrogens (primary N) is 1. The van der Waals surface area contributed by atoms with Crippen molar-refractivity contribution in [1.29, 1.82) is 0 Å². The summed E-state index contributed by atoms with van der Waals surface area (Å²) in [5.41, 5.74) is 6.15. The highest BCUT2D eigenvalue weighted by molar-refractivity contribution is 5.87. The highest BCUT2D eigenvalue weighted by atomic mass is 35.5. The molecule has 1 atom stereocenters. The molecule has 23 heavy (non-hydrogen) atoms. The van der Waals surface area contributed by atoms with Crippen LogP contribution in [0, 0.1) is 11.3 Å². The van der Waals surface area contributed by atoms with E-state index in [1.54, 1.807) is 0 Å². The zero-order valence-corrected chi connectivity index (χ0v) is 15.3. The summed E-state index contributed by atoms with van der Waals surface area (Å²) < 4.78 is 0. The van der Waals surface area contributed by atoms with Crippen LogP contribution in [0.3, 0.4) is 0 Å². The molecule has 5 nitrogen and oxygen atoms in total. The Morgan fingerprint density at radius 1 is 1.13 bits per heavy atom. The Labute approximate surface area is 146 Å². The van der Waals surface area contributed by atoms with E-state index >= 15 is 0 Å². The Kier molecular flexibility index (Phi) is 7.81. The quantitative estimate of drug-likeness (QED) is 0.819. The first-order chi connectivity index (χ1) is 10.4. The van der Waals surface area contributed by atoms with Crippen molar-refractivity contribution in [1.82, 2.24) is 10.2 Å². The molecular weight excluding hydrogens is 314 g/mol. The molecule has 2 fully saturated rings. The van der Waals surface area contributed by atoms with Crippen LogP contribution in [-0.2, 0) is 9.59 Å². The van der Waals surface area contributed by atoms with Crippen molar-refractivity contribution in [2.45, 2.75) is 64.8 Å². The van der Waals surface area contributed by atoms with Gasteiger partial charge < -0.3 is 16.0 Å². The van der Waals surface area contributed by atoms with Gasteiger partial charge in [0.05, 0.1) is 12.6 Å². The number of carbonyl (C=O) groups is 2. The molecule has 1 spiro atoms. The lowest BCUT2D eigenvalue weighted by Crippen LogP contribution is -2.51. The Balaban J connectivity index is 0.00000264. The minimum atomic E-state index is -0.543. The molecule has 2 amide bonds. The summed E-state index contributed by atoms with van der Waals surface area (Å²) in [4.78, 5) is 26.2. The van der Waals surface area contributed by atoms with Gasteiger partial charge in [0.1, 0.15) is 0 Å². The van der Waals surface area contributed by atoms with Gasteiger partial charge in [0.25, 0.3) is 0 Å². The first-order valence-electron chi connectivity index (χ1n) is 8.75. The van der Waals surface area contributed by atoms with Crippen LogP contribution in [-0.4, -0.2) is 42.4 Å². The number of nitrogens with one attached hydrogen (secondary N) is 1. The number of rotatable bonds is 4. The maximum absolute atomic E-state index is 12.4. The Hall–Kier alpha value is -0.810. The summed E-state index contributed by atoms with van der Waals surface area (Å²) in [6.45, 7) is 5.59. The molecule has 3 N–H and O–H groups in total. The predicted molar refractivity (Wildman–Crippen MR) is 94.4 cm³/mol. The monoisotopic (exact) mass is 345 g/mol. The van der Waals surface area contributed by atoms with Gasteiger partial charge in [-0.05, 0) is 37.0 Å². The van der Waals surface area contributed by atoms with Gasteiger partial charge in [-0.2, -0.15) is 0 Å². The maximum atomic E-state index is 12.4. The molecule has 0 aromatic carbocycles. The number of likely N-dealkylation sites (tertiary alicyclic amines) is 1. The molecule has 2 rings (SSSR count). The van der Waals surface area contributed by atoms with Gasteiger partial charge in [0.15, 0.2) is 0 Å². The lowest BCUT2D eigenvalue weighted by Gasteiger charge is -2.45. The number of halogens is 1. The van der Waals surface area contributed by atoms with Crippen molar-refractivity contribution in [2.75, 3.05) is 19.6 Å². The van der Waals surface area contributed by atoms with Crippen molar-refractivity contribution < 1.29 is 9.59 Å². The SMILES string of the molecule is CC(C)[C@H](N)C(=O)NCC(=O)N1CCCC2(CCCCC2)C1.Cl. The van der Waals surface area contributed by atoms with E-state index in [0.717, 1.165) is 19.5 Å². The van der Waals surface area contributed by atoms with Gasteiger partial charge in [-0.3, -0.25) is 9.59 Å². The lowest BCUT2D eigenvalue weighted by molar-refractivity contribution is -0.136. The average Bonchev–Trinajstić information content (AvgIpc) is 2.52. The molecule has 0 bridgehead atoms. The van der Waals surface area contributed by atoms with Crippen LogP contribution in [0.5, 0.6) is 0 Å². The number of carbonyl (C=O) groups excluding carboxylic acids is 2. The minimum Gasteiger partial charge on any atom is -0.346 e. The van der Waals surface area contributed by atoms with E-state index in [9.17, 15) is 9.59 Å². The second kappa shape index (κ2) is 8.88. The molecule has 0 unspecified atom stereocenters. The normalized spacial score (nSPS) is 21.7. The predicted octanol–water partition coefficient (Wildman–Crippen LogP) is 2.08. The van der Waals surface area contributed by atoms with Crippen LogP contribution < -0.4 is 11.1 Å². The van der Waals surface area contributed by atoms with Crippen molar-refractivity contribution in [3.63, 3.8) is 0 Å². The van der Waals surface area contributed by atoms with Crippen molar-refractivity contribution in [2.24, 2.45) is 17.1 Å². The third-order valence-electron chi connectivity index (χ3n) is 5.36. The summed E-state index contributed by atoms with van der Waals surface area (Å²) in [6.07, 6.45) is 8.76.